The molecule has 0 heterocycles. The predicted molar refractivity (Wildman–Crippen MR) is 109 cm³/mol. The Morgan fingerprint density at radius 2 is 1.84 bits per heavy atom. The van der Waals surface area contributed by atoms with E-state index >= 15 is 0 Å². The van der Waals surface area contributed by atoms with Crippen molar-refractivity contribution in [1.29, 1.82) is 0 Å². The van der Waals surface area contributed by atoms with Gasteiger partial charge in [0.1, 0.15) is 29.5 Å². The predicted octanol–water partition coefficient (Wildman–Crippen LogP) is 1.70. The number of ketones is 1. The number of hydrogen-bond acceptors (Lipinski definition) is 7. The van der Waals surface area contributed by atoms with Crippen molar-refractivity contribution in [3.63, 3.8) is 0 Å². The SMILES string of the molecule is [B]Cc1ccc(C(=O)OCCS(=O)(=O)O)c(OC(=O)C23CC4CC(C2)C(=O)C(C4)C3)c1. The summed E-state index contributed by atoms with van der Waals surface area (Å²) in [6.45, 7) is -0.541. The first-order chi connectivity index (χ1) is 14.6. The van der Waals surface area contributed by atoms with E-state index in [0.29, 0.717) is 30.7 Å². The number of Topliss-reactive ketones (excluding diaryl/α,β-unsaturated/α-hetero) is 1. The summed E-state index contributed by atoms with van der Waals surface area (Å²) in [5.74, 6) is -1.69. The number of carbonyl (C=O) groups excluding carboxylic acids is 3. The van der Waals surface area contributed by atoms with Crippen LogP contribution in [0.4, 0.5) is 0 Å². The molecule has 0 aliphatic heterocycles. The Labute approximate surface area is 181 Å². The molecule has 4 bridgehead atoms. The first-order valence-corrected chi connectivity index (χ1v) is 11.9. The maximum absolute atomic E-state index is 13.3. The van der Waals surface area contributed by atoms with Crippen molar-refractivity contribution < 1.29 is 36.8 Å². The molecule has 2 unspecified atom stereocenters. The number of rotatable bonds is 7. The van der Waals surface area contributed by atoms with Crippen LogP contribution in [0.15, 0.2) is 18.2 Å². The van der Waals surface area contributed by atoms with Crippen molar-refractivity contribution in [2.24, 2.45) is 23.2 Å². The standard InChI is InChI=1S/C21H23BO8S/c22-11-12-1-2-16(19(24)29-3-4-31(26,27)28)17(7-12)30-20(25)21-8-13-5-14(9-21)18(23)15(6-13)10-21/h1-2,7,13-15H,3-6,8-11H2,(H,26,27,28). The molecule has 2 atom stereocenters. The van der Waals surface area contributed by atoms with E-state index in [4.69, 9.17) is 21.9 Å². The van der Waals surface area contributed by atoms with Gasteiger partial charge in [-0.2, -0.15) is 8.42 Å². The zero-order valence-electron chi connectivity index (χ0n) is 16.9. The molecule has 4 aliphatic carbocycles. The second-order valence-electron chi connectivity index (χ2n) is 8.87. The fourth-order valence-electron chi connectivity index (χ4n) is 5.47. The lowest BCUT2D eigenvalue weighted by Gasteiger charge is -2.53. The van der Waals surface area contributed by atoms with Crippen LogP contribution in [0.1, 0.15) is 48.0 Å². The fourth-order valence-corrected chi connectivity index (χ4v) is 5.76. The summed E-state index contributed by atoms with van der Waals surface area (Å²) < 4.78 is 41.1. The van der Waals surface area contributed by atoms with Crippen molar-refractivity contribution >= 4 is 35.7 Å². The molecule has 2 radical (unpaired) electrons. The molecule has 0 saturated heterocycles. The minimum absolute atomic E-state index is 0.00752. The van der Waals surface area contributed by atoms with E-state index < -0.39 is 39.8 Å². The highest BCUT2D eigenvalue weighted by Gasteiger charge is 2.59. The quantitative estimate of drug-likeness (QED) is 0.291. The summed E-state index contributed by atoms with van der Waals surface area (Å²) in [5.41, 5.74) is -0.130. The lowest BCUT2D eigenvalue weighted by atomic mass is 9.49. The van der Waals surface area contributed by atoms with Gasteiger partial charge in [-0.05, 0) is 50.2 Å². The van der Waals surface area contributed by atoms with Gasteiger partial charge in [-0.1, -0.05) is 17.9 Å². The van der Waals surface area contributed by atoms with Crippen LogP contribution in [-0.2, 0) is 30.8 Å². The molecule has 8 nitrogen and oxygen atoms in total. The van der Waals surface area contributed by atoms with Crippen molar-refractivity contribution in [2.75, 3.05) is 12.4 Å². The Morgan fingerprint density at radius 1 is 1.16 bits per heavy atom. The van der Waals surface area contributed by atoms with E-state index in [1.165, 1.54) is 12.1 Å². The van der Waals surface area contributed by atoms with Crippen LogP contribution in [0, 0.1) is 23.2 Å². The van der Waals surface area contributed by atoms with Gasteiger partial charge in [0.15, 0.2) is 0 Å². The Morgan fingerprint density at radius 3 is 2.45 bits per heavy atom. The molecule has 31 heavy (non-hydrogen) atoms. The molecule has 0 spiro atoms. The molecule has 4 fully saturated rings. The van der Waals surface area contributed by atoms with Crippen LogP contribution in [0.25, 0.3) is 0 Å². The maximum Gasteiger partial charge on any atom is 0.341 e. The van der Waals surface area contributed by atoms with Crippen molar-refractivity contribution in [2.45, 2.75) is 38.4 Å². The summed E-state index contributed by atoms with van der Waals surface area (Å²) in [5, 5.41) is 0. The third kappa shape index (κ3) is 4.41. The minimum Gasteiger partial charge on any atom is -0.461 e. The number of ether oxygens (including phenoxy) is 2. The third-order valence-corrected chi connectivity index (χ3v) is 7.39. The number of hydrogen-bond donors (Lipinski definition) is 1. The van der Waals surface area contributed by atoms with Gasteiger partial charge in [0, 0.05) is 11.8 Å². The largest absolute Gasteiger partial charge is 0.461 e. The zero-order valence-corrected chi connectivity index (χ0v) is 17.7. The average Bonchev–Trinajstić information content (AvgIpc) is 2.70. The molecular formula is C21H23BO8S. The van der Waals surface area contributed by atoms with E-state index in [2.05, 4.69) is 0 Å². The molecule has 0 aromatic heterocycles. The molecule has 10 heteroatoms. The van der Waals surface area contributed by atoms with Crippen LogP contribution in [0.2, 0.25) is 0 Å². The summed E-state index contributed by atoms with van der Waals surface area (Å²) >= 11 is 0. The fraction of sp³-hybridized carbons (Fsp3) is 0.571. The Hall–Kier alpha value is -2.20. The molecule has 5 rings (SSSR count). The van der Waals surface area contributed by atoms with Gasteiger partial charge < -0.3 is 9.47 Å². The van der Waals surface area contributed by atoms with Crippen LogP contribution >= 0.6 is 0 Å². The van der Waals surface area contributed by atoms with E-state index in [0.717, 1.165) is 12.8 Å². The molecule has 4 aliphatic rings. The highest BCUT2D eigenvalue weighted by Crippen LogP contribution is 2.59. The lowest BCUT2D eigenvalue weighted by Crippen LogP contribution is -2.55. The van der Waals surface area contributed by atoms with Gasteiger partial charge in [0.25, 0.3) is 10.1 Å². The smallest absolute Gasteiger partial charge is 0.341 e. The monoisotopic (exact) mass is 446 g/mol. The average molecular weight is 446 g/mol. The first-order valence-electron chi connectivity index (χ1n) is 10.3. The van der Waals surface area contributed by atoms with Gasteiger partial charge >= 0.3 is 11.9 Å². The summed E-state index contributed by atoms with van der Waals surface area (Å²) in [7, 11) is 1.40. The van der Waals surface area contributed by atoms with E-state index in [9.17, 15) is 22.8 Å². The Bertz CT molecular complexity index is 1020. The topological polar surface area (TPSA) is 124 Å². The second-order valence-corrected chi connectivity index (χ2v) is 10.4. The normalized spacial score (nSPS) is 29.1. The highest BCUT2D eigenvalue weighted by atomic mass is 32.2. The van der Waals surface area contributed by atoms with Crippen molar-refractivity contribution in [1.82, 2.24) is 0 Å². The van der Waals surface area contributed by atoms with Gasteiger partial charge in [-0.3, -0.25) is 14.1 Å². The number of esters is 2. The molecule has 1 aromatic rings. The van der Waals surface area contributed by atoms with Crippen LogP contribution in [0.3, 0.4) is 0 Å². The molecule has 0 amide bonds. The van der Waals surface area contributed by atoms with Gasteiger partial charge in [-0.25, -0.2) is 4.79 Å². The van der Waals surface area contributed by atoms with Gasteiger partial charge in [-0.15, -0.1) is 0 Å². The van der Waals surface area contributed by atoms with Crippen molar-refractivity contribution in [3.05, 3.63) is 29.3 Å². The van der Waals surface area contributed by atoms with Gasteiger partial charge in [0.2, 0.25) is 0 Å². The summed E-state index contributed by atoms with van der Waals surface area (Å²) in [6, 6.07) is 4.48. The Kier molecular flexibility index (Phi) is 5.72. The molecule has 1 aromatic carbocycles. The van der Waals surface area contributed by atoms with E-state index in [1.807, 2.05) is 0 Å². The maximum atomic E-state index is 13.3. The second kappa shape index (κ2) is 8.05. The van der Waals surface area contributed by atoms with Crippen molar-refractivity contribution in [3.8, 4) is 5.75 Å². The van der Waals surface area contributed by atoms with E-state index in [1.54, 1.807) is 6.07 Å². The molecular weight excluding hydrogens is 423 g/mol. The summed E-state index contributed by atoms with van der Waals surface area (Å²) in [4.78, 5) is 38.1. The van der Waals surface area contributed by atoms with Crippen LogP contribution in [0.5, 0.6) is 5.75 Å². The molecule has 164 valence electrons. The van der Waals surface area contributed by atoms with Crippen LogP contribution < -0.4 is 4.74 Å². The third-order valence-electron chi connectivity index (χ3n) is 6.71. The summed E-state index contributed by atoms with van der Waals surface area (Å²) in [6.07, 6.45) is 3.45. The minimum atomic E-state index is -4.28. The first kappa shape index (κ1) is 22.0. The van der Waals surface area contributed by atoms with Gasteiger partial charge in [0.05, 0.1) is 13.3 Å². The number of carbonyl (C=O) groups is 3. The molecule has 1 N–H and O–H groups in total. The number of benzene rings is 1. The van der Waals surface area contributed by atoms with Crippen LogP contribution in [-0.4, -0.2) is 50.9 Å². The Balaban J connectivity index is 1.54. The lowest BCUT2D eigenvalue weighted by molar-refractivity contribution is -0.166. The molecule has 4 saturated carbocycles. The van der Waals surface area contributed by atoms with E-state index in [-0.39, 0.29) is 35.3 Å². The zero-order chi connectivity index (χ0) is 22.4. The highest BCUT2D eigenvalue weighted by molar-refractivity contribution is 7.85.